The molecule has 0 fully saturated rings. The van der Waals surface area contributed by atoms with Crippen LogP contribution in [0.25, 0.3) is 0 Å². The molecule has 0 aliphatic carbocycles. The summed E-state index contributed by atoms with van der Waals surface area (Å²) in [6.45, 7) is 1.60. The van der Waals surface area contributed by atoms with Crippen molar-refractivity contribution in [2.75, 3.05) is 25.0 Å². The van der Waals surface area contributed by atoms with Crippen molar-refractivity contribution in [1.29, 1.82) is 0 Å². The van der Waals surface area contributed by atoms with Crippen LogP contribution < -0.4 is 5.32 Å². The van der Waals surface area contributed by atoms with Gasteiger partial charge in [0.05, 0.1) is 12.2 Å². The second-order valence-corrected chi connectivity index (χ2v) is 4.14. The topological polar surface area (TPSA) is 69.6 Å². The van der Waals surface area contributed by atoms with Gasteiger partial charge in [0, 0.05) is 18.8 Å². The molecule has 0 spiro atoms. The van der Waals surface area contributed by atoms with Gasteiger partial charge in [0.1, 0.15) is 0 Å². The first-order valence-corrected chi connectivity index (χ1v) is 6.18. The van der Waals surface area contributed by atoms with Crippen LogP contribution in [-0.2, 0) is 15.8 Å². The number of rotatable bonds is 4. The van der Waals surface area contributed by atoms with Crippen molar-refractivity contribution in [3.8, 4) is 0 Å². The third-order valence-electron chi connectivity index (χ3n) is 2.70. The molecule has 21 heavy (non-hydrogen) atoms. The van der Waals surface area contributed by atoms with E-state index in [0.29, 0.717) is 0 Å². The molecule has 0 saturated carbocycles. The number of carbonyl (C=O) groups excluding carboxylic acids is 2. The number of aliphatic hydroxyl groups excluding tert-OH is 1. The lowest BCUT2D eigenvalue weighted by atomic mass is 10.2. The van der Waals surface area contributed by atoms with Crippen LogP contribution in [0, 0.1) is 0 Å². The number of hydrogen-bond donors (Lipinski definition) is 2. The number of likely N-dealkylation sites (N-methyl/N-ethyl adjacent to an activating group) is 1. The van der Waals surface area contributed by atoms with E-state index in [4.69, 9.17) is 5.11 Å². The minimum Gasteiger partial charge on any atom is -0.395 e. The SMILES string of the molecule is CCN(CCO)C(=O)C(=O)Nc1ccc(C(F)(F)F)cc1. The summed E-state index contributed by atoms with van der Waals surface area (Å²) >= 11 is 0. The van der Waals surface area contributed by atoms with Gasteiger partial charge >= 0.3 is 18.0 Å². The molecular weight excluding hydrogens is 289 g/mol. The number of benzene rings is 1. The third kappa shape index (κ3) is 4.75. The molecule has 5 nitrogen and oxygen atoms in total. The average molecular weight is 304 g/mol. The Bertz CT molecular complexity index is 500. The molecule has 0 aliphatic rings. The zero-order valence-corrected chi connectivity index (χ0v) is 11.3. The maximum atomic E-state index is 12.4. The van der Waals surface area contributed by atoms with Crippen LogP contribution in [0.5, 0.6) is 0 Å². The van der Waals surface area contributed by atoms with Crippen LogP contribution in [0.15, 0.2) is 24.3 Å². The van der Waals surface area contributed by atoms with Gasteiger partial charge in [-0.3, -0.25) is 9.59 Å². The summed E-state index contributed by atoms with van der Waals surface area (Å²) < 4.78 is 37.1. The van der Waals surface area contributed by atoms with Crippen molar-refractivity contribution in [2.45, 2.75) is 13.1 Å². The third-order valence-corrected chi connectivity index (χ3v) is 2.70. The van der Waals surface area contributed by atoms with Crippen LogP contribution in [0.2, 0.25) is 0 Å². The standard InChI is InChI=1S/C13H15F3N2O3/c1-2-18(7-8-19)12(21)11(20)17-10-5-3-9(4-6-10)13(14,15)16/h3-6,19H,2,7-8H2,1H3,(H,17,20). The van der Waals surface area contributed by atoms with Gasteiger partial charge in [-0.2, -0.15) is 13.2 Å². The van der Waals surface area contributed by atoms with Crippen molar-refractivity contribution in [3.05, 3.63) is 29.8 Å². The van der Waals surface area contributed by atoms with E-state index in [1.165, 1.54) is 0 Å². The highest BCUT2D eigenvalue weighted by Gasteiger charge is 2.30. The highest BCUT2D eigenvalue weighted by Crippen LogP contribution is 2.29. The quantitative estimate of drug-likeness (QED) is 0.828. The number of aliphatic hydroxyl groups is 1. The number of anilines is 1. The lowest BCUT2D eigenvalue weighted by molar-refractivity contribution is -0.143. The minimum atomic E-state index is -4.46. The van der Waals surface area contributed by atoms with Crippen LogP contribution in [-0.4, -0.2) is 41.5 Å². The summed E-state index contributed by atoms with van der Waals surface area (Å²) in [5.74, 6) is -1.82. The zero-order chi connectivity index (χ0) is 16.0. The van der Waals surface area contributed by atoms with E-state index in [-0.39, 0.29) is 25.4 Å². The number of carbonyl (C=O) groups is 2. The van der Waals surface area contributed by atoms with E-state index in [2.05, 4.69) is 5.32 Å². The van der Waals surface area contributed by atoms with E-state index in [0.717, 1.165) is 29.2 Å². The summed E-state index contributed by atoms with van der Waals surface area (Å²) in [5, 5.41) is 11.0. The zero-order valence-electron chi connectivity index (χ0n) is 11.3. The first-order valence-electron chi connectivity index (χ1n) is 6.18. The van der Waals surface area contributed by atoms with E-state index >= 15 is 0 Å². The lowest BCUT2D eigenvalue weighted by Gasteiger charge is -2.18. The molecule has 1 aromatic rings. The molecule has 1 aromatic carbocycles. The Morgan fingerprint density at radius 2 is 1.81 bits per heavy atom. The maximum absolute atomic E-state index is 12.4. The maximum Gasteiger partial charge on any atom is 0.416 e. The van der Waals surface area contributed by atoms with Crippen molar-refractivity contribution in [3.63, 3.8) is 0 Å². The predicted octanol–water partition coefficient (Wildman–Crippen LogP) is 1.48. The van der Waals surface area contributed by atoms with Crippen LogP contribution in [0.3, 0.4) is 0 Å². The molecule has 1 rings (SSSR count). The molecule has 2 amide bonds. The van der Waals surface area contributed by atoms with Gasteiger partial charge in [-0.05, 0) is 31.2 Å². The van der Waals surface area contributed by atoms with E-state index in [1.807, 2.05) is 0 Å². The molecule has 0 atom stereocenters. The Morgan fingerprint density at radius 1 is 1.24 bits per heavy atom. The summed E-state index contributed by atoms with van der Waals surface area (Å²) in [6.07, 6.45) is -4.46. The summed E-state index contributed by atoms with van der Waals surface area (Å²) in [5.41, 5.74) is -0.760. The van der Waals surface area contributed by atoms with Gasteiger partial charge in [-0.1, -0.05) is 0 Å². The number of amides is 2. The molecular formula is C13H15F3N2O3. The largest absolute Gasteiger partial charge is 0.416 e. The Balaban J connectivity index is 2.72. The van der Waals surface area contributed by atoms with Gasteiger partial charge in [-0.25, -0.2) is 0 Å². The van der Waals surface area contributed by atoms with Gasteiger partial charge in [0.2, 0.25) is 0 Å². The van der Waals surface area contributed by atoms with Crippen LogP contribution in [0.1, 0.15) is 12.5 Å². The molecule has 0 aliphatic heterocycles. The second-order valence-electron chi connectivity index (χ2n) is 4.14. The fourth-order valence-electron chi connectivity index (χ4n) is 1.59. The highest BCUT2D eigenvalue weighted by atomic mass is 19.4. The van der Waals surface area contributed by atoms with E-state index in [1.54, 1.807) is 6.92 Å². The molecule has 0 radical (unpaired) electrons. The first kappa shape index (κ1) is 17.0. The van der Waals surface area contributed by atoms with E-state index in [9.17, 15) is 22.8 Å². The number of nitrogens with zero attached hydrogens (tertiary/aromatic N) is 1. The molecule has 8 heteroatoms. The van der Waals surface area contributed by atoms with Crippen molar-refractivity contribution in [1.82, 2.24) is 4.90 Å². The van der Waals surface area contributed by atoms with Crippen molar-refractivity contribution < 1.29 is 27.9 Å². The molecule has 0 heterocycles. The smallest absolute Gasteiger partial charge is 0.395 e. The lowest BCUT2D eigenvalue weighted by Crippen LogP contribution is -2.41. The van der Waals surface area contributed by atoms with Crippen LogP contribution in [0.4, 0.5) is 18.9 Å². The highest BCUT2D eigenvalue weighted by molar-refractivity contribution is 6.39. The van der Waals surface area contributed by atoms with Gasteiger partial charge < -0.3 is 15.3 Å². The van der Waals surface area contributed by atoms with E-state index < -0.39 is 23.6 Å². The van der Waals surface area contributed by atoms with Gasteiger partial charge in [-0.15, -0.1) is 0 Å². The Hall–Kier alpha value is -2.09. The molecule has 0 bridgehead atoms. The summed E-state index contributed by atoms with van der Waals surface area (Å²) in [7, 11) is 0. The fraction of sp³-hybridized carbons (Fsp3) is 0.385. The normalized spacial score (nSPS) is 11.1. The summed E-state index contributed by atoms with van der Waals surface area (Å²) in [6, 6.07) is 3.75. The number of alkyl halides is 3. The number of hydrogen-bond acceptors (Lipinski definition) is 3. The average Bonchev–Trinajstić information content (AvgIpc) is 2.43. The van der Waals surface area contributed by atoms with Crippen molar-refractivity contribution >= 4 is 17.5 Å². The van der Waals surface area contributed by atoms with Crippen LogP contribution >= 0.6 is 0 Å². The molecule has 2 N–H and O–H groups in total. The first-order chi connectivity index (χ1) is 9.79. The second kappa shape index (κ2) is 7.07. The summed E-state index contributed by atoms with van der Waals surface area (Å²) in [4.78, 5) is 24.5. The minimum absolute atomic E-state index is 0.00969. The monoisotopic (exact) mass is 304 g/mol. The molecule has 116 valence electrons. The molecule has 0 unspecified atom stereocenters. The number of nitrogens with one attached hydrogen (secondary N) is 1. The Morgan fingerprint density at radius 3 is 2.24 bits per heavy atom. The van der Waals surface area contributed by atoms with Gasteiger partial charge in [0.15, 0.2) is 0 Å². The number of halogens is 3. The van der Waals surface area contributed by atoms with Gasteiger partial charge in [0.25, 0.3) is 0 Å². The van der Waals surface area contributed by atoms with Crippen molar-refractivity contribution in [2.24, 2.45) is 0 Å². The Labute approximate surface area is 119 Å². The molecule has 0 aromatic heterocycles. The fourth-order valence-corrected chi connectivity index (χ4v) is 1.59. The predicted molar refractivity (Wildman–Crippen MR) is 69.4 cm³/mol. The Kier molecular flexibility index (Phi) is 5.71. The molecule has 0 saturated heterocycles.